The molecule has 1 heterocycles. The lowest BCUT2D eigenvalue weighted by Crippen LogP contribution is -2.42. The summed E-state index contributed by atoms with van der Waals surface area (Å²) in [5.74, 6) is 0.867. The van der Waals surface area contributed by atoms with Gasteiger partial charge in [-0.1, -0.05) is 24.3 Å². The van der Waals surface area contributed by atoms with Crippen LogP contribution >= 0.6 is 0 Å². The Morgan fingerprint density at radius 1 is 1.45 bits per heavy atom. The van der Waals surface area contributed by atoms with E-state index in [9.17, 15) is 4.79 Å². The highest BCUT2D eigenvalue weighted by molar-refractivity contribution is 6.01. The standard InChI is InChI=1S/C15H20N4O/c1-3-8-17-15(16-2)18-9-10-19-13-7-5-4-6-12(13)11-14(19)20/h3-7H,1,8-11H2,2H3,(H2,16,17,18). The first-order valence-corrected chi connectivity index (χ1v) is 6.70. The molecule has 0 radical (unpaired) electrons. The van der Waals surface area contributed by atoms with Crippen LogP contribution in [0, 0.1) is 0 Å². The number of hydrogen-bond donors (Lipinski definition) is 2. The number of aliphatic imine (C=N–C) groups is 1. The third kappa shape index (κ3) is 3.17. The Kier molecular flexibility index (Phi) is 4.76. The maximum Gasteiger partial charge on any atom is 0.231 e. The second-order valence-corrected chi connectivity index (χ2v) is 4.52. The number of rotatable bonds is 5. The predicted octanol–water partition coefficient (Wildman–Crippen LogP) is 0.927. The molecule has 0 fully saturated rings. The molecule has 1 aromatic rings. The van der Waals surface area contributed by atoms with Gasteiger partial charge in [0.15, 0.2) is 5.96 Å². The van der Waals surface area contributed by atoms with Gasteiger partial charge in [0, 0.05) is 32.4 Å². The predicted molar refractivity (Wildman–Crippen MR) is 82.1 cm³/mol. The molecule has 0 aliphatic carbocycles. The molecule has 0 unspecified atom stereocenters. The lowest BCUT2D eigenvalue weighted by atomic mass is 10.2. The number of nitrogens with one attached hydrogen (secondary N) is 2. The monoisotopic (exact) mass is 272 g/mol. The van der Waals surface area contributed by atoms with Crippen LogP contribution in [0.15, 0.2) is 41.9 Å². The number of amides is 1. The molecule has 1 aliphatic rings. The lowest BCUT2D eigenvalue weighted by molar-refractivity contribution is -0.117. The van der Waals surface area contributed by atoms with E-state index in [0.717, 1.165) is 11.3 Å². The van der Waals surface area contributed by atoms with Gasteiger partial charge in [0.2, 0.25) is 5.91 Å². The normalized spacial score (nSPS) is 14.2. The van der Waals surface area contributed by atoms with E-state index in [1.807, 2.05) is 29.2 Å². The molecule has 106 valence electrons. The minimum atomic E-state index is 0.155. The van der Waals surface area contributed by atoms with Crippen LogP contribution in [-0.4, -0.2) is 38.5 Å². The first-order chi connectivity index (χ1) is 9.76. The fourth-order valence-corrected chi connectivity index (χ4v) is 2.24. The molecule has 0 atom stereocenters. The van der Waals surface area contributed by atoms with Gasteiger partial charge in [-0.3, -0.25) is 9.79 Å². The van der Waals surface area contributed by atoms with Crippen LogP contribution in [0.5, 0.6) is 0 Å². The minimum Gasteiger partial charge on any atom is -0.355 e. The molecule has 1 aromatic carbocycles. The molecule has 5 nitrogen and oxygen atoms in total. The van der Waals surface area contributed by atoms with Crippen molar-refractivity contribution < 1.29 is 4.79 Å². The van der Waals surface area contributed by atoms with Crippen molar-refractivity contribution in [2.45, 2.75) is 6.42 Å². The van der Waals surface area contributed by atoms with Gasteiger partial charge in [0.05, 0.1) is 6.42 Å². The first-order valence-electron chi connectivity index (χ1n) is 6.70. The van der Waals surface area contributed by atoms with Crippen molar-refractivity contribution in [2.24, 2.45) is 4.99 Å². The number of nitrogens with zero attached hydrogens (tertiary/aromatic N) is 2. The number of carbonyl (C=O) groups excluding carboxylic acids is 1. The van der Waals surface area contributed by atoms with E-state index in [1.54, 1.807) is 13.1 Å². The Morgan fingerprint density at radius 3 is 3.00 bits per heavy atom. The number of fused-ring (bicyclic) bond motifs is 1. The van der Waals surface area contributed by atoms with Gasteiger partial charge < -0.3 is 15.5 Å². The average Bonchev–Trinajstić information content (AvgIpc) is 2.78. The summed E-state index contributed by atoms with van der Waals surface area (Å²) in [6.07, 6.45) is 2.27. The third-order valence-electron chi connectivity index (χ3n) is 3.19. The molecular formula is C15H20N4O. The second-order valence-electron chi connectivity index (χ2n) is 4.52. The van der Waals surface area contributed by atoms with Crippen LogP contribution in [-0.2, 0) is 11.2 Å². The van der Waals surface area contributed by atoms with Gasteiger partial charge >= 0.3 is 0 Å². The quantitative estimate of drug-likeness (QED) is 0.476. The number of guanidine groups is 1. The molecule has 0 spiro atoms. The number of benzene rings is 1. The Balaban J connectivity index is 1.88. The maximum absolute atomic E-state index is 12.0. The SMILES string of the molecule is C=CCNC(=NC)NCCN1C(=O)Cc2ccccc21. The van der Waals surface area contributed by atoms with Gasteiger partial charge in [-0.05, 0) is 11.6 Å². The number of para-hydroxylation sites is 1. The minimum absolute atomic E-state index is 0.155. The fraction of sp³-hybridized carbons (Fsp3) is 0.333. The van der Waals surface area contributed by atoms with E-state index in [0.29, 0.717) is 32.0 Å². The van der Waals surface area contributed by atoms with Crippen LogP contribution in [0.25, 0.3) is 0 Å². The topological polar surface area (TPSA) is 56.7 Å². The number of anilines is 1. The summed E-state index contributed by atoms with van der Waals surface area (Å²) < 4.78 is 0. The van der Waals surface area contributed by atoms with Crippen LogP contribution < -0.4 is 15.5 Å². The Morgan fingerprint density at radius 2 is 2.25 bits per heavy atom. The summed E-state index contributed by atoms with van der Waals surface area (Å²) in [5, 5.41) is 6.27. The molecule has 0 saturated heterocycles. The molecule has 2 rings (SSSR count). The molecule has 20 heavy (non-hydrogen) atoms. The second kappa shape index (κ2) is 6.75. The van der Waals surface area contributed by atoms with E-state index in [1.165, 1.54) is 0 Å². The Labute approximate surface area is 119 Å². The third-order valence-corrected chi connectivity index (χ3v) is 3.19. The average molecular weight is 272 g/mol. The summed E-state index contributed by atoms with van der Waals surface area (Å²) in [6.45, 7) is 5.58. The Hall–Kier alpha value is -2.30. The smallest absolute Gasteiger partial charge is 0.231 e. The van der Waals surface area contributed by atoms with Crippen molar-refractivity contribution in [3.8, 4) is 0 Å². The van der Waals surface area contributed by atoms with Crippen molar-refractivity contribution in [3.63, 3.8) is 0 Å². The summed E-state index contributed by atoms with van der Waals surface area (Å²) in [5.41, 5.74) is 2.13. The zero-order chi connectivity index (χ0) is 14.4. The van der Waals surface area contributed by atoms with Gasteiger partial charge in [-0.15, -0.1) is 6.58 Å². The van der Waals surface area contributed by atoms with Crippen molar-refractivity contribution in [1.82, 2.24) is 10.6 Å². The van der Waals surface area contributed by atoms with Crippen LogP contribution in [0.4, 0.5) is 5.69 Å². The van der Waals surface area contributed by atoms with Gasteiger partial charge in [0.25, 0.3) is 0 Å². The zero-order valence-electron chi connectivity index (χ0n) is 11.7. The van der Waals surface area contributed by atoms with E-state index in [4.69, 9.17) is 0 Å². The van der Waals surface area contributed by atoms with E-state index < -0.39 is 0 Å². The molecule has 0 aromatic heterocycles. The van der Waals surface area contributed by atoms with Crippen molar-refractivity contribution in [1.29, 1.82) is 0 Å². The zero-order valence-corrected chi connectivity index (χ0v) is 11.7. The number of hydrogen-bond acceptors (Lipinski definition) is 2. The van der Waals surface area contributed by atoms with Gasteiger partial charge in [0.1, 0.15) is 0 Å². The van der Waals surface area contributed by atoms with E-state index in [-0.39, 0.29) is 5.91 Å². The van der Waals surface area contributed by atoms with Crippen LogP contribution in [0.3, 0.4) is 0 Å². The van der Waals surface area contributed by atoms with Crippen molar-refractivity contribution in [3.05, 3.63) is 42.5 Å². The summed E-state index contributed by atoms with van der Waals surface area (Å²) in [6, 6.07) is 7.92. The fourth-order valence-electron chi connectivity index (χ4n) is 2.24. The van der Waals surface area contributed by atoms with Crippen molar-refractivity contribution >= 4 is 17.6 Å². The molecule has 0 saturated carbocycles. The van der Waals surface area contributed by atoms with E-state index in [2.05, 4.69) is 22.2 Å². The number of carbonyl (C=O) groups is 1. The summed E-state index contributed by atoms with van der Waals surface area (Å²) in [7, 11) is 1.72. The highest BCUT2D eigenvalue weighted by atomic mass is 16.2. The molecular weight excluding hydrogens is 252 g/mol. The Bertz CT molecular complexity index is 524. The molecule has 2 N–H and O–H groups in total. The van der Waals surface area contributed by atoms with E-state index >= 15 is 0 Å². The maximum atomic E-state index is 12.0. The molecule has 0 bridgehead atoms. The first kappa shape index (κ1) is 14.1. The van der Waals surface area contributed by atoms with Gasteiger partial charge in [-0.2, -0.15) is 0 Å². The highest BCUT2D eigenvalue weighted by Gasteiger charge is 2.25. The lowest BCUT2D eigenvalue weighted by Gasteiger charge is -2.18. The van der Waals surface area contributed by atoms with Crippen molar-refractivity contribution in [2.75, 3.05) is 31.6 Å². The summed E-state index contributed by atoms with van der Waals surface area (Å²) in [4.78, 5) is 17.9. The van der Waals surface area contributed by atoms with Gasteiger partial charge in [-0.25, -0.2) is 0 Å². The molecule has 5 heteroatoms. The van der Waals surface area contributed by atoms with Crippen LogP contribution in [0.2, 0.25) is 0 Å². The molecule has 1 aliphatic heterocycles. The molecule has 1 amide bonds. The van der Waals surface area contributed by atoms with Crippen LogP contribution in [0.1, 0.15) is 5.56 Å². The summed E-state index contributed by atoms with van der Waals surface area (Å²) >= 11 is 0. The largest absolute Gasteiger partial charge is 0.355 e. The highest BCUT2D eigenvalue weighted by Crippen LogP contribution is 2.27.